The third kappa shape index (κ3) is 6.09. The number of amides is 3. The number of hydrogen-bond acceptors (Lipinski definition) is 4. The second-order valence-electron chi connectivity index (χ2n) is 7.78. The Balaban J connectivity index is 1.52. The number of carbonyl (C=O) groups is 2. The summed E-state index contributed by atoms with van der Waals surface area (Å²) < 4.78 is 5.09. The first kappa shape index (κ1) is 20.9. The van der Waals surface area contributed by atoms with Crippen molar-refractivity contribution in [3.05, 3.63) is 48.4 Å². The number of nitrogens with zero attached hydrogens (tertiary/aromatic N) is 1. The van der Waals surface area contributed by atoms with E-state index in [1.54, 1.807) is 36.4 Å². The molecule has 0 bridgehead atoms. The lowest BCUT2D eigenvalue weighted by molar-refractivity contribution is 0.0996. The van der Waals surface area contributed by atoms with Gasteiger partial charge in [-0.3, -0.25) is 4.79 Å². The van der Waals surface area contributed by atoms with Crippen molar-refractivity contribution in [3.8, 4) is 0 Å². The van der Waals surface area contributed by atoms with E-state index in [1.807, 2.05) is 0 Å². The van der Waals surface area contributed by atoms with Gasteiger partial charge in [0, 0.05) is 24.0 Å². The van der Waals surface area contributed by atoms with Crippen molar-refractivity contribution in [1.29, 1.82) is 0 Å². The Morgan fingerprint density at radius 3 is 2.45 bits per heavy atom. The molecule has 0 saturated heterocycles. The minimum Gasteiger partial charge on any atom is -0.459 e. The Bertz CT molecular complexity index is 798. The Kier molecular flexibility index (Phi) is 7.30. The molecule has 1 aliphatic carbocycles. The predicted molar refractivity (Wildman–Crippen MR) is 114 cm³/mol. The van der Waals surface area contributed by atoms with E-state index >= 15 is 0 Å². The topological polar surface area (TPSA) is 86.6 Å². The fourth-order valence-electron chi connectivity index (χ4n) is 3.94. The highest BCUT2D eigenvalue weighted by Crippen LogP contribution is 2.28. The molecule has 7 heteroatoms. The molecule has 7 nitrogen and oxygen atoms in total. The van der Waals surface area contributed by atoms with Crippen LogP contribution in [0, 0.1) is 5.92 Å². The first-order chi connectivity index (χ1) is 14.0. The molecule has 1 aromatic carbocycles. The molecule has 3 N–H and O–H groups in total. The summed E-state index contributed by atoms with van der Waals surface area (Å²) >= 11 is 0. The maximum absolute atomic E-state index is 12.4. The third-order valence-corrected chi connectivity index (χ3v) is 5.45. The van der Waals surface area contributed by atoms with Crippen molar-refractivity contribution < 1.29 is 14.0 Å². The van der Waals surface area contributed by atoms with Crippen LogP contribution >= 0.6 is 0 Å². The summed E-state index contributed by atoms with van der Waals surface area (Å²) in [6, 6.07) is 10.4. The fourth-order valence-corrected chi connectivity index (χ4v) is 3.94. The highest BCUT2D eigenvalue weighted by atomic mass is 16.3. The summed E-state index contributed by atoms with van der Waals surface area (Å²) in [6.45, 7) is 0.610. The van der Waals surface area contributed by atoms with Crippen LogP contribution in [0.2, 0.25) is 0 Å². The van der Waals surface area contributed by atoms with Gasteiger partial charge in [0.2, 0.25) is 0 Å². The molecule has 156 valence electrons. The van der Waals surface area contributed by atoms with Crippen molar-refractivity contribution in [2.45, 2.75) is 38.1 Å². The number of benzene rings is 1. The van der Waals surface area contributed by atoms with E-state index in [0.717, 1.165) is 0 Å². The van der Waals surface area contributed by atoms with E-state index in [-0.39, 0.29) is 17.7 Å². The molecule has 29 heavy (non-hydrogen) atoms. The second-order valence-corrected chi connectivity index (χ2v) is 7.78. The molecular formula is C22H30N4O3. The van der Waals surface area contributed by atoms with Crippen LogP contribution in [0.1, 0.15) is 42.7 Å². The van der Waals surface area contributed by atoms with Crippen molar-refractivity contribution in [1.82, 2.24) is 10.2 Å². The zero-order valence-electron chi connectivity index (χ0n) is 17.1. The maximum atomic E-state index is 12.4. The molecule has 1 aromatic heterocycles. The average molecular weight is 399 g/mol. The van der Waals surface area contributed by atoms with Gasteiger partial charge in [-0.05, 0) is 63.2 Å². The summed E-state index contributed by atoms with van der Waals surface area (Å²) in [4.78, 5) is 26.7. The second kappa shape index (κ2) is 10.1. The van der Waals surface area contributed by atoms with Crippen LogP contribution in [0.25, 0.3) is 0 Å². The van der Waals surface area contributed by atoms with Crippen LogP contribution < -0.4 is 16.0 Å². The molecule has 1 saturated carbocycles. The average Bonchev–Trinajstić information content (AvgIpc) is 3.24. The van der Waals surface area contributed by atoms with E-state index in [1.165, 1.54) is 38.4 Å². The standard InChI is InChI=1S/C22H30N4O3/c1-26(2)19(16-8-4-3-5-9-16)15-23-22(28)25-18-11-6-10-17(14-18)24-21(27)20-12-7-13-29-20/h6-7,10-14,16,19H,3-5,8-9,15H2,1-2H3,(H,24,27)(H2,23,25,28)/t19-/m0/s1. The van der Waals surface area contributed by atoms with Gasteiger partial charge < -0.3 is 25.3 Å². The lowest BCUT2D eigenvalue weighted by Gasteiger charge is -2.34. The summed E-state index contributed by atoms with van der Waals surface area (Å²) in [5.41, 5.74) is 1.19. The minimum absolute atomic E-state index is 0.235. The van der Waals surface area contributed by atoms with Gasteiger partial charge in [0.15, 0.2) is 5.76 Å². The van der Waals surface area contributed by atoms with Crippen molar-refractivity contribution >= 4 is 23.3 Å². The number of nitrogens with one attached hydrogen (secondary N) is 3. The number of furan rings is 1. The fraction of sp³-hybridized carbons (Fsp3) is 0.455. The minimum atomic E-state index is -0.335. The number of rotatable bonds is 7. The number of carbonyl (C=O) groups excluding carboxylic acids is 2. The first-order valence-electron chi connectivity index (χ1n) is 10.2. The Morgan fingerprint density at radius 2 is 1.79 bits per heavy atom. The van der Waals surface area contributed by atoms with Gasteiger partial charge >= 0.3 is 6.03 Å². The van der Waals surface area contributed by atoms with E-state index in [4.69, 9.17) is 4.42 Å². The van der Waals surface area contributed by atoms with Crippen LogP contribution in [0.4, 0.5) is 16.2 Å². The molecule has 1 aliphatic rings. The zero-order valence-corrected chi connectivity index (χ0v) is 17.1. The number of urea groups is 1. The largest absolute Gasteiger partial charge is 0.459 e. The molecule has 3 amide bonds. The number of likely N-dealkylation sites (N-methyl/N-ethyl adjacent to an activating group) is 1. The highest BCUT2D eigenvalue weighted by molar-refractivity contribution is 6.02. The van der Waals surface area contributed by atoms with Crippen molar-refractivity contribution in [2.75, 3.05) is 31.3 Å². The molecule has 1 atom stereocenters. The molecule has 3 rings (SSSR count). The lowest BCUT2D eigenvalue weighted by atomic mass is 9.83. The molecule has 0 radical (unpaired) electrons. The molecule has 0 aliphatic heterocycles. The van der Waals surface area contributed by atoms with Gasteiger partial charge in [0.05, 0.1) is 6.26 Å². The predicted octanol–water partition coefficient (Wildman–Crippen LogP) is 4.16. The smallest absolute Gasteiger partial charge is 0.319 e. The Hall–Kier alpha value is -2.80. The Labute approximate surface area is 171 Å². The van der Waals surface area contributed by atoms with Gasteiger partial charge in [0.1, 0.15) is 0 Å². The first-order valence-corrected chi connectivity index (χ1v) is 10.2. The summed E-state index contributed by atoms with van der Waals surface area (Å²) in [6.07, 6.45) is 7.77. The molecule has 1 fully saturated rings. The van der Waals surface area contributed by atoms with E-state index in [0.29, 0.717) is 29.9 Å². The van der Waals surface area contributed by atoms with Gasteiger partial charge in [-0.1, -0.05) is 25.3 Å². The van der Waals surface area contributed by atoms with Gasteiger partial charge in [-0.25, -0.2) is 4.79 Å². The van der Waals surface area contributed by atoms with E-state index in [9.17, 15) is 9.59 Å². The van der Waals surface area contributed by atoms with Gasteiger partial charge in [-0.15, -0.1) is 0 Å². The highest BCUT2D eigenvalue weighted by Gasteiger charge is 2.25. The van der Waals surface area contributed by atoms with Crippen LogP contribution in [0.3, 0.4) is 0 Å². The van der Waals surface area contributed by atoms with E-state index < -0.39 is 0 Å². The van der Waals surface area contributed by atoms with Gasteiger partial charge in [0.25, 0.3) is 5.91 Å². The summed E-state index contributed by atoms with van der Waals surface area (Å²) in [5.74, 6) is 0.524. The molecule has 2 aromatic rings. The van der Waals surface area contributed by atoms with Crippen molar-refractivity contribution in [3.63, 3.8) is 0 Å². The molecule has 0 spiro atoms. The monoisotopic (exact) mass is 398 g/mol. The quantitative estimate of drug-likeness (QED) is 0.653. The maximum Gasteiger partial charge on any atom is 0.319 e. The summed E-state index contributed by atoms with van der Waals surface area (Å²) in [5, 5.41) is 8.60. The normalized spacial score (nSPS) is 15.7. The SMILES string of the molecule is CN(C)[C@@H](CNC(=O)Nc1cccc(NC(=O)c2ccco2)c1)C1CCCCC1. The third-order valence-electron chi connectivity index (χ3n) is 5.45. The molecular weight excluding hydrogens is 368 g/mol. The Morgan fingerprint density at radius 1 is 1.07 bits per heavy atom. The van der Waals surface area contributed by atoms with E-state index in [2.05, 4.69) is 34.9 Å². The molecule has 0 unspecified atom stereocenters. The number of hydrogen-bond donors (Lipinski definition) is 3. The van der Waals surface area contributed by atoms with Gasteiger partial charge in [-0.2, -0.15) is 0 Å². The zero-order chi connectivity index (χ0) is 20.6. The van der Waals surface area contributed by atoms with Crippen LogP contribution in [-0.2, 0) is 0 Å². The summed E-state index contributed by atoms with van der Waals surface area (Å²) in [7, 11) is 4.15. The van der Waals surface area contributed by atoms with Crippen molar-refractivity contribution in [2.24, 2.45) is 5.92 Å². The van der Waals surface area contributed by atoms with Crippen LogP contribution in [0.15, 0.2) is 47.1 Å². The van der Waals surface area contributed by atoms with Crippen LogP contribution in [-0.4, -0.2) is 43.5 Å². The molecule has 1 heterocycles. The number of anilines is 2. The van der Waals surface area contributed by atoms with Crippen LogP contribution in [0.5, 0.6) is 0 Å². The lowest BCUT2D eigenvalue weighted by Crippen LogP contribution is -2.46.